The summed E-state index contributed by atoms with van der Waals surface area (Å²) < 4.78 is 0. The van der Waals surface area contributed by atoms with Gasteiger partial charge in [0.25, 0.3) is 0 Å². The van der Waals surface area contributed by atoms with Crippen molar-refractivity contribution < 1.29 is 5.11 Å². The molecule has 2 aromatic carbocycles. The van der Waals surface area contributed by atoms with Gasteiger partial charge >= 0.3 is 0 Å². The number of benzene rings is 2. The number of fused-ring (bicyclic) bond motifs is 1. The van der Waals surface area contributed by atoms with Crippen LogP contribution in [0.5, 0.6) is 5.75 Å². The molecule has 0 radical (unpaired) electrons. The van der Waals surface area contributed by atoms with Crippen LogP contribution >= 0.6 is 23.2 Å². The number of nitrogens with zero attached hydrogens (tertiary/aromatic N) is 2. The van der Waals surface area contributed by atoms with Crippen LogP contribution in [-0.2, 0) is 6.42 Å². The van der Waals surface area contributed by atoms with E-state index >= 15 is 0 Å². The summed E-state index contributed by atoms with van der Waals surface area (Å²) in [6.07, 6.45) is 4.13. The Labute approximate surface area is 166 Å². The summed E-state index contributed by atoms with van der Waals surface area (Å²) >= 11 is 11.9. The molecule has 0 fully saturated rings. The number of nitrogens with one attached hydrogen (secondary N) is 2. The number of aliphatic imine (C=N–C) groups is 1. The third-order valence-electron chi connectivity index (χ3n) is 4.05. The fourth-order valence-corrected chi connectivity index (χ4v) is 3.05. The lowest BCUT2D eigenvalue weighted by molar-refractivity contribution is 0.476. The van der Waals surface area contributed by atoms with Crippen molar-refractivity contribution in [2.24, 2.45) is 15.8 Å². The number of aryl methyl sites for hydroxylation is 1. The number of guanidine groups is 1. The zero-order valence-electron chi connectivity index (χ0n) is 14.6. The first-order valence-corrected chi connectivity index (χ1v) is 9.03. The smallest absolute Gasteiger partial charge is 0.209 e. The van der Waals surface area contributed by atoms with Gasteiger partial charge < -0.3 is 15.8 Å². The van der Waals surface area contributed by atoms with Crippen LogP contribution in [0.25, 0.3) is 10.9 Å². The van der Waals surface area contributed by atoms with E-state index in [-0.39, 0.29) is 11.7 Å². The van der Waals surface area contributed by atoms with Gasteiger partial charge in [0.2, 0.25) is 5.96 Å². The number of hydrogen-bond acceptors (Lipinski definition) is 3. The zero-order valence-corrected chi connectivity index (χ0v) is 16.1. The Hall–Kier alpha value is -2.70. The molecule has 0 aliphatic heterocycles. The van der Waals surface area contributed by atoms with Crippen molar-refractivity contribution in [2.45, 2.75) is 13.3 Å². The maximum absolute atomic E-state index is 9.76. The van der Waals surface area contributed by atoms with Crippen molar-refractivity contribution in [3.8, 4) is 5.75 Å². The number of rotatable bonds is 5. The van der Waals surface area contributed by atoms with E-state index in [0.717, 1.165) is 27.6 Å². The number of aromatic amines is 1. The Bertz CT molecular complexity index is 1030. The SMILES string of the molecule is Cc1cc(O)cc2c(/C=N/NC(N)=NCCc3ccc(Cl)c(Cl)c3)c[nH]c12. The van der Waals surface area contributed by atoms with Gasteiger partial charge in [-0.15, -0.1) is 0 Å². The van der Waals surface area contributed by atoms with Crippen molar-refractivity contribution in [3.63, 3.8) is 0 Å². The van der Waals surface area contributed by atoms with Crippen LogP contribution in [0.15, 0.2) is 46.6 Å². The molecule has 1 heterocycles. The minimum absolute atomic E-state index is 0.213. The number of halogens is 2. The first-order chi connectivity index (χ1) is 12.9. The van der Waals surface area contributed by atoms with E-state index in [2.05, 4.69) is 20.5 Å². The van der Waals surface area contributed by atoms with E-state index < -0.39 is 0 Å². The molecule has 140 valence electrons. The van der Waals surface area contributed by atoms with Gasteiger partial charge in [-0.05, 0) is 48.7 Å². The van der Waals surface area contributed by atoms with Gasteiger partial charge in [0, 0.05) is 29.2 Å². The topological polar surface area (TPSA) is 98.8 Å². The minimum atomic E-state index is 0.213. The van der Waals surface area contributed by atoms with Gasteiger partial charge in [0.05, 0.1) is 16.3 Å². The fourth-order valence-electron chi connectivity index (χ4n) is 2.73. The minimum Gasteiger partial charge on any atom is -0.508 e. The summed E-state index contributed by atoms with van der Waals surface area (Å²) in [4.78, 5) is 7.40. The number of phenolic OH excluding ortho intramolecular Hbond substituents is 1. The molecule has 0 amide bonds. The molecule has 0 aliphatic rings. The molecule has 3 aromatic rings. The normalized spacial score (nSPS) is 12.2. The highest BCUT2D eigenvalue weighted by Crippen LogP contribution is 2.25. The molecule has 27 heavy (non-hydrogen) atoms. The van der Waals surface area contributed by atoms with Crippen LogP contribution in [-0.4, -0.2) is 28.8 Å². The van der Waals surface area contributed by atoms with E-state index in [0.29, 0.717) is 23.0 Å². The van der Waals surface area contributed by atoms with Crippen molar-refractivity contribution in [3.05, 3.63) is 63.3 Å². The first kappa shape index (κ1) is 19.1. The molecule has 0 saturated heterocycles. The van der Waals surface area contributed by atoms with Gasteiger partial charge in [-0.25, -0.2) is 5.43 Å². The molecule has 6 nitrogen and oxygen atoms in total. The van der Waals surface area contributed by atoms with E-state index in [1.807, 2.05) is 25.3 Å². The van der Waals surface area contributed by atoms with Crippen LogP contribution in [0.1, 0.15) is 16.7 Å². The van der Waals surface area contributed by atoms with Crippen LogP contribution in [0.2, 0.25) is 10.0 Å². The number of aromatic nitrogens is 1. The third kappa shape index (κ3) is 4.72. The van der Waals surface area contributed by atoms with E-state index in [1.54, 1.807) is 24.4 Å². The van der Waals surface area contributed by atoms with Crippen molar-refractivity contribution in [1.29, 1.82) is 0 Å². The molecule has 0 atom stereocenters. The number of nitrogens with two attached hydrogens (primary N) is 1. The Kier molecular flexibility index (Phi) is 5.88. The molecule has 0 saturated carbocycles. The van der Waals surface area contributed by atoms with Gasteiger partial charge in [0.15, 0.2) is 0 Å². The molecule has 0 aliphatic carbocycles. The average Bonchev–Trinajstić information content (AvgIpc) is 3.01. The second kappa shape index (κ2) is 8.33. The molecule has 0 unspecified atom stereocenters. The second-order valence-corrected chi connectivity index (χ2v) is 6.88. The average molecular weight is 404 g/mol. The largest absolute Gasteiger partial charge is 0.508 e. The summed E-state index contributed by atoms with van der Waals surface area (Å²) in [5.41, 5.74) is 12.3. The number of hydrazone groups is 1. The molecule has 8 heteroatoms. The van der Waals surface area contributed by atoms with Crippen LogP contribution < -0.4 is 11.2 Å². The standard InChI is InChI=1S/C19H19Cl2N5O/c1-11-6-14(27)8-15-13(9-24-18(11)15)10-25-26-19(22)23-5-4-12-2-3-16(20)17(21)7-12/h2-3,6-10,24,27H,4-5H2,1H3,(H3,22,23,26)/b25-10+. The monoisotopic (exact) mass is 403 g/mol. The Balaban J connectivity index is 1.59. The number of phenols is 1. The molecule has 5 N–H and O–H groups in total. The summed E-state index contributed by atoms with van der Waals surface area (Å²) in [6, 6.07) is 8.87. The molecule has 0 bridgehead atoms. The maximum atomic E-state index is 9.76. The number of aromatic hydroxyl groups is 1. The van der Waals surface area contributed by atoms with Crippen molar-refractivity contribution in [1.82, 2.24) is 10.4 Å². The predicted molar refractivity (Wildman–Crippen MR) is 112 cm³/mol. The van der Waals surface area contributed by atoms with Gasteiger partial charge in [0.1, 0.15) is 5.75 Å². The lowest BCUT2D eigenvalue weighted by Crippen LogP contribution is -2.27. The summed E-state index contributed by atoms with van der Waals surface area (Å²) in [5.74, 6) is 0.427. The lowest BCUT2D eigenvalue weighted by Gasteiger charge is -2.02. The number of H-pyrrole nitrogens is 1. The number of hydrogen-bond donors (Lipinski definition) is 4. The first-order valence-electron chi connectivity index (χ1n) is 8.27. The van der Waals surface area contributed by atoms with Crippen LogP contribution in [0.3, 0.4) is 0 Å². The van der Waals surface area contributed by atoms with Gasteiger partial charge in [-0.1, -0.05) is 29.3 Å². The lowest BCUT2D eigenvalue weighted by atomic mass is 10.1. The predicted octanol–water partition coefficient (Wildman–Crippen LogP) is 3.97. The van der Waals surface area contributed by atoms with Crippen molar-refractivity contribution >= 4 is 46.3 Å². The van der Waals surface area contributed by atoms with E-state index in [4.69, 9.17) is 28.9 Å². The molecular formula is C19H19Cl2N5O. The molecule has 3 rings (SSSR count). The van der Waals surface area contributed by atoms with Gasteiger partial charge in [-0.3, -0.25) is 4.99 Å². The van der Waals surface area contributed by atoms with Crippen molar-refractivity contribution in [2.75, 3.05) is 6.54 Å². The summed E-state index contributed by atoms with van der Waals surface area (Å²) in [7, 11) is 0. The Morgan fingerprint density at radius 3 is 2.85 bits per heavy atom. The third-order valence-corrected chi connectivity index (χ3v) is 4.79. The Morgan fingerprint density at radius 1 is 1.26 bits per heavy atom. The Morgan fingerprint density at radius 2 is 2.07 bits per heavy atom. The quantitative estimate of drug-likeness (QED) is 0.294. The van der Waals surface area contributed by atoms with Gasteiger partial charge in [-0.2, -0.15) is 5.10 Å². The highest BCUT2D eigenvalue weighted by Gasteiger charge is 2.06. The molecule has 0 spiro atoms. The van der Waals surface area contributed by atoms with Crippen LogP contribution in [0.4, 0.5) is 0 Å². The zero-order chi connectivity index (χ0) is 19.4. The second-order valence-electron chi connectivity index (χ2n) is 6.06. The van der Waals surface area contributed by atoms with E-state index in [1.165, 1.54) is 0 Å². The highest BCUT2D eigenvalue weighted by molar-refractivity contribution is 6.42. The highest BCUT2D eigenvalue weighted by atomic mass is 35.5. The fraction of sp³-hybridized carbons (Fsp3) is 0.158. The van der Waals surface area contributed by atoms with Crippen LogP contribution in [0, 0.1) is 6.92 Å². The maximum Gasteiger partial charge on any atom is 0.209 e. The molecule has 1 aromatic heterocycles. The summed E-state index contributed by atoms with van der Waals surface area (Å²) in [6.45, 7) is 2.42. The molecular weight excluding hydrogens is 385 g/mol. The van der Waals surface area contributed by atoms with E-state index in [9.17, 15) is 5.11 Å². The summed E-state index contributed by atoms with van der Waals surface area (Å²) in [5, 5.41) is 15.8.